The lowest BCUT2D eigenvalue weighted by atomic mass is 10.1. The van der Waals surface area contributed by atoms with Crippen LogP contribution >= 0.6 is 0 Å². The number of hydrogen-bond acceptors (Lipinski definition) is 4. The van der Waals surface area contributed by atoms with E-state index in [0.29, 0.717) is 11.4 Å². The van der Waals surface area contributed by atoms with Crippen LogP contribution in [0.3, 0.4) is 0 Å². The Hall–Kier alpha value is -2.21. The Balaban J connectivity index is 1.79. The van der Waals surface area contributed by atoms with Gasteiger partial charge >= 0.3 is 0 Å². The summed E-state index contributed by atoms with van der Waals surface area (Å²) in [5.74, 6) is 1.52. The van der Waals surface area contributed by atoms with Crippen LogP contribution in [0.5, 0.6) is 0 Å². The molecule has 6 nitrogen and oxygen atoms in total. The molecule has 1 fully saturated rings. The Morgan fingerprint density at radius 2 is 2.10 bits per heavy atom. The fourth-order valence-corrected chi connectivity index (χ4v) is 2.54. The zero-order chi connectivity index (χ0) is 14.8. The molecule has 110 valence electrons. The molecule has 0 spiro atoms. The van der Waals surface area contributed by atoms with Crippen molar-refractivity contribution in [1.82, 2.24) is 25.4 Å². The third-order valence-corrected chi connectivity index (χ3v) is 3.75. The lowest BCUT2D eigenvalue weighted by Gasteiger charge is -2.34. The maximum absolute atomic E-state index is 12.5. The summed E-state index contributed by atoms with van der Waals surface area (Å²) in [7, 11) is 0. The zero-order valence-electron chi connectivity index (χ0n) is 12.3. The molecule has 1 aliphatic rings. The summed E-state index contributed by atoms with van der Waals surface area (Å²) in [5.41, 5.74) is 1.61. The van der Waals surface area contributed by atoms with Crippen molar-refractivity contribution in [2.75, 3.05) is 19.6 Å². The van der Waals surface area contributed by atoms with Crippen LogP contribution in [-0.2, 0) is 0 Å². The summed E-state index contributed by atoms with van der Waals surface area (Å²) in [5, 5.41) is 10.2. The summed E-state index contributed by atoms with van der Waals surface area (Å²) in [6, 6.07) is 7.70. The number of benzene rings is 1. The normalized spacial score (nSPS) is 18.8. The van der Waals surface area contributed by atoms with Gasteiger partial charge in [-0.1, -0.05) is 12.1 Å². The van der Waals surface area contributed by atoms with Gasteiger partial charge in [0.05, 0.1) is 0 Å². The SMILES string of the molecule is Cc1nc(-c2ccc(C(=O)N3CCNCC3C)cc2)n[nH]1. The number of rotatable bonds is 2. The number of H-pyrrole nitrogens is 1. The molecule has 1 amide bonds. The van der Waals surface area contributed by atoms with Gasteiger partial charge in [-0.3, -0.25) is 9.89 Å². The van der Waals surface area contributed by atoms with Gasteiger partial charge in [0.15, 0.2) is 5.82 Å². The van der Waals surface area contributed by atoms with E-state index in [1.807, 2.05) is 36.1 Å². The number of amides is 1. The number of nitrogens with zero attached hydrogens (tertiary/aromatic N) is 3. The molecule has 0 aliphatic carbocycles. The second kappa shape index (κ2) is 5.65. The highest BCUT2D eigenvalue weighted by atomic mass is 16.2. The average Bonchev–Trinajstić information content (AvgIpc) is 2.94. The third-order valence-electron chi connectivity index (χ3n) is 3.75. The number of aryl methyl sites for hydroxylation is 1. The fraction of sp³-hybridized carbons (Fsp3) is 0.400. The molecule has 2 aromatic rings. The standard InChI is InChI=1S/C15H19N5O/c1-10-9-16-7-8-20(10)15(21)13-5-3-12(4-6-13)14-17-11(2)18-19-14/h3-6,10,16H,7-9H2,1-2H3,(H,17,18,19). The number of carbonyl (C=O) groups is 1. The Morgan fingerprint density at radius 1 is 1.33 bits per heavy atom. The summed E-state index contributed by atoms with van der Waals surface area (Å²) < 4.78 is 0. The highest BCUT2D eigenvalue weighted by Gasteiger charge is 2.23. The highest BCUT2D eigenvalue weighted by Crippen LogP contribution is 2.17. The first-order valence-corrected chi connectivity index (χ1v) is 7.16. The minimum absolute atomic E-state index is 0.0849. The molecular formula is C15H19N5O. The van der Waals surface area contributed by atoms with E-state index in [9.17, 15) is 4.79 Å². The van der Waals surface area contributed by atoms with Crippen LogP contribution in [0, 0.1) is 6.92 Å². The molecule has 1 aromatic heterocycles. The Bertz CT molecular complexity index is 634. The first kappa shape index (κ1) is 13.8. The largest absolute Gasteiger partial charge is 0.333 e. The topological polar surface area (TPSA) is 73.9 Å². The van der Waals surface area contributed by atoms with Gasteiger partial charge in [-0.15, -0.1) is 0 Å². The van der Waals surface area contributed by atoms with Gasteiger partial charge < -0.3 is 10.2 Å². The van der Waals surface area contributed by atoms with Crippen molar-refractivity contribution < 1.29 is 4.79 Å². The predicted octanol–water partition coefficient (Wildman–Crippen LogP) is 1.21. The van der Waals surface area contributed by atoms with Crippen LogP contribution in [0.25, 0.3) is 11.4 Å². The van der Waals surface area contributed by atoms with Crippen LogP contribution in [0.4, 0.5) is 0 Å². The van der Waals surface area contributed by atoms with E-state index < -0.39 is 0 Å². The minimum atomic E-state index is 0.0849. The number of aromatic amines is 1. The van der Waals surface area contributed by atoms with Crippen LogP contribution < -0.4 is 5.32 Å². The highest BCUT2D eigenvalue weighted by molar-refractivity contribution is 5.95. The molecule has 0 radical (unpaired) electrons. The second-order valence-corrected chi connectivity index (χ2v) is 5.37. The van der Waals surface area contributed by atoms with Gasteiger partial charge in [-0.05, 0) is 26.0 Å². The van der Waals surface area contributed by atoms with E-state index in [2.05, 4.69) is 27.4 Å². The van der Waals surface area contributed by atoms with Crippen LogP contribution in [0.15, 0.2) is 24.3 Å². The van der Waals surface area contributed by atoms with E-state index in [1.54, 1.807) is 0 Å². The predicted molar refractivity (Wildman–Crippen MR) is 79.9 cm³/mol. The van der Waals surface area contributed by atoms with Gasteiger partial charge in [0.1, 0.15) is 5.82 Å². The van der Waals surface area contributed by atoms with Crippen molar-refractivity contribution >= 4 is 5.91 Å². The first-order chi connectivity index (χ1) is 10.1. The van der Waals surface area contributed by atoms with Crippen LogP contribution in [0.1, 0.15) is 23.1 Å². The maximum atomic E-state index is 12.5. The number of carbonyl (C=O) groups excluding carboxylic acids is 1. The Labute approximate surface area is 123 Å². The monoisotopic (exact) mass is 285 g/mol. The molecule has 0 saturated carbocycles. The van der Waals surface area contributed by atoms with Gasteiger partial charge in [-0.2, -0.15) is 5.10 Å². The molecule has 1 aliphatic heterocycles. The summed E-state index contributed by atoms with van der Waals surface area (Å²) in [6.07, 6.45) is 0. The van der Waals surface area contributed by atoms with Crippen LogP contribution in [0.2, 0.25) is 0 Å². The molecule has 0 bridgehead atoms. The van der Waals surface area contributed by atoms with Crippen LogP contribution in [-0.4, -0.2) is 51.7 Å². The Morgan fingerprint density at radius 3 is 2.71 bits per heavy atom. The smallest absolute Gasteiger partial charge is 0.254 e. The molecule has 2 heterocycles. The van der Waals surface area contributed by atoms with Crippen molar-refractivity contribution in [2.45, 2.75) is 19.9 Å². The lowest BCUT2D eigenvalue weighted by molar-refractivity contribution is 0.0656. The number of hydrogen-bond donors (Lipinski definition) is 2. The third kappa shape index (κ3) is 2.80. The maximum Gasteiger partial charge on any atom is 0.254 e. The van der Waals surface area contributed by atoms with Gasteiger partial charge in [0.25, 0.3) is 5.91 Å². The molecule has 21 heavy (non-hydrogen) atoms. The minimum Gasteiger partial charge on any atom is -0.333 e. The molecule has 3 rings (SSSR count). The number of piperazine rings is 1. The van der Waals surface area contributed by atoms with Gasteiger partial charge in [0.2, 0.25) is 0 Å². The molecule has 2 N–H and O–H groups in total. The van der Waals surface area contributed by atoms with Crippen molar-refractivity contribution in [3.63, 3.8) is 0 Å². The zero-order valence-corrected chi connectivity index (χ0v) is 12.3. The van der Waals surface area contributed by atoms with E-state index in [1.165, 1.54) is 0 Å². The number of aromatic nitrogens is 3. The van der Waals surface area contributed by atoms with Crippen molar-refractivity contribution in [3.05, 3.63) is 35.7 Å². The first-order valence-electron chi connectivity index (χ1n) is 7.16. The fourth-order valence-electron chi connectivity index (χ4n) is 2.54. The van der Waals surface area contributed by atoms with E-state index in [4.69, 9.17) is 0 Å². The van der Waals surface area contributed by atoms with Crippen molar-refractivity contribution in [3.8, 4) is 11.4 Å². The summed E-state index contributed by atoms with van der Waals surface area (Å²) in [6.45, 7) is 6.38. The molecule has 1 saturated heterocycles. The average molecular weight is 285 g/mol. The van der Waals surface area contributed by atoms with Crippen molar-refractivity contribution in [2.24, 2.45) is 0 Å². The Kier molecular flexibility index (Phi) is 3.70. The molecule has 1 atom stereocenters. The second-order valence-electron chi connectivity index (χ2n) is 5.37. The lowest BCUT2D eigenvalue weighted by Crippen LogP contribution is -2.52. The number of nitrogens with one attached hydrogen (secondary N) is 2. The van der Waals surface area contributed by atoms with Gasteiger partial charge in [-0.25, -0.2) is 4.98 Å². The molecular weight excluding hydrogens is 266 g/mol. The van der Waals surface area contributed by atoms with Crippen molar-refractivity contribution in [1.29, 1.82) is 0 Å². The molecule has 1 unspecified atom stereocenters. The van der Waals surface area contributed by atoms with E-state index in [0.717, 1.165) is 31.0 Å². The summed E-state index contributed by atoms with van der Waals surface area (Å²) >= 11 is 0. The molecule has 1 aromatic carbocycles. The molecule has 6 heteroatoms. The van der Waals surface area contributed by atoms with Gasteiger partial charge in [0, 0.05) is 36.8 Å². The van der Waals surface area contributed by atoms with E-state index in [-0.39, 0.29) is 11.9 Å². The summed E-state index contributed by atoms with van der Waals surface area (Å²) in [4.78, 5) is 18.7. The van der Waals surface area contributed by atoms with E-state index >= 15 is 0 Å². The quantitative estimate of drug-likeness (QED) is 0.870.